The number of rotatable bonds is 7. The summed E-state index contributed by atoms with van der Waals surface area (Å²) >= 11 is 0. The van der Waals surface area contributed by atoms with Crippen molar-refractivity contribution < 1.29 is 9.84 Å². The minimum absolute atomic E-state index is 0.128. The van der Waals surface area contributed by atoms with Gasteiger partial charge in [-0.25, -0.2) is 0 Å². The number of ether oxygens (including phenoxy) is 1. The van der Waals surface area contributed by atoms with Crippen molar-refractivity contribution in [3.05, 3.63) is 24.3 Å². The van der Waals surface area contributed by atoms with Crippen LogP contribution in [0.2, 0.25) is 0 Å². The molecule has 0 aromatic heterocycles. The van der Waals surface area contributed by atoms with Gasteiger partial charge in [-0.05, 0) is 18.6 Å². The van der Waals surface area contributed by atoms with Crippen molar-refractivity contribution in [3.63, 3.8) is 0 Å². The summed E-state index contributed by atoms with van der Waals surface area (Å²) in [5.74, 6) is 0.861. The first kappa shape index (κ1) is 11.9. The first-order chi connectivity index (χ1) is 7.38. The van der Waals surface area contributed by atoms with Crippen molar-refractivity contribution in [1.29, 1.82) is 0 Å². The lowest BCUT2D eigenvalue weighted by atomic mass is 10.3. The van der Waals surface area contributed by atoms with Gasteiger partial charge in [0.05, 0.1) is 18.9 Å². The van der Waals surface area contributed by atoms with Crippen LogP contribution in [-0.4, -0.2) is 24.9 Å². The molecule has 0 unspecified atom stereocenters. The van der Waals surface area contributed by atoms with Crippen LogP contribution in [0.4, 0.5) is 5.69 Å². The van der Waals surface area contributed by atoms with E-state index in [9.17, 15) is 0 Å². The van der Waals surface area contributed by atoms with Crippen LogP contribution in [-0.2, 0) is 0 Å². The van der Waals surface area contributed by atoms with Crippen LogP contribution in [0.3, 0.4) is 0 Å². The lowest BCUT2D eigenvalue weighted by Gasteiger charge is -2.11. The molecule has 0 amide bonds. The molecule has 0 heterocycles. The number of para-hydroxylation sites is 2. The molecule has 0 bridgehead atoms. The quantitative estimate of drug-likeness (QED) is 0.677. The minimum atomic E-state index is 0.128. The molecular weight excluding hydrogens is 190 g/mol. The van der Waals surface area contributed by atoms with Crippen LogP contribution in [0.1, 0.15) is 19.8 Å². The normalized spacial score (nSPS) is 10.0. The van der Waals surface area contributed by atoms with Crippen LogP contribution < -0.4 is 10.1 Å². The zero-order chi connectivity index (χ0) is 10.9. The average molecular weight is 209 g/mol. The molecule has 0 atom stereocenters. The summed E-state index contributed by atoms with van der Waals surface area (Å²) in [5, 5.41) is 11.8. The van der Waals surface area contributed by atoms with Gasteiger partial charge in [0, 0.05) is 6.54 Å². The molecule has 0 saturated carbocycles. The van der Waals surface area contributed by atoms with Crippen LogP contribution in [0.25, 0.3) is 0 Å². The number of aliphatic hydroxyl groups is 1. The Morgan fingerprint density at radius 1 is 1.33 bits per heavy atom. The van der Waals surface area contributed by atoms with E-state index in [1.165, 1.54) is 0 Å². The van der Waals surface area contributed by atoms with E-state index in [4.69, 9.17) is 9.84 Å². The molecule has 0 fully saturated rings. The fraction of sp³-hybridized carbons (Fsp3) is 0.500. The highest BCUT2D eigenvalue weighted by Crippen LogP contribution is 2.23. The molecule has 1 aromatic carbocycles. The maximum atomic E-state index is 8.73. The Labute approximate surface area is 91.1 Å². The van der Waals surface area contributed by atoms with E-state index in [-0.39, 0.29) is 6.61 Å². The van der Waals surface area contributed by atoms with Gasteiger partial charge in [-0.3, -0.25) is 0 Å². The summed E-state index contributed by atoms with van der Waals surface area (Å²) in [6.45, 7) is 3.56. The highest BCUT2D eigenvalue weighted by molar-refractivity contribution is 5.56. The molecule has 0 saturated heterocycles. The second-order valence-corrected chi connectivity index (χ2v) is 3.35. The number of benzene rings is 1. The fourth-order valence-corrected chi connectivity index (χ4v) is 1.26. The molecule has 1 rings (SSSR count). The molecule has 0 aliphatic carbocycles. The topological polar surface area (TPSA) is 41.5 Å². The summed E-state index contributed by atoms with van der Waals surface area (Å²) in [7, 11) is 0. The Kier molecular flexibility index (Phi) is 5.63. The van der Waals surface area contributed by atoms with Crippen LogP contribution in [0.15, 0.2) is 24.3 Å². The van der Waals surface area contributed by atoms with Gasteiger partial charge < -0.3 is 15.2 Å². The third kappa shape index (κ3) is 4.21. The monoisotopic (exact) mass is 209 g/mol. The number of nitrogens with one attached hydrogen (secondary N) is 1. The zero-order valence-electron chi connectivity index (χ0n) is 9.20. The molecule has 0 spiro atoms. The highest BCUT2D eigenvalue weighted by Gasteiger charge is 2.00. The molecule has 3 nitrogen and oxygen atoms in total. The number of unbranched alkanes of at least 4 members (excludes halogenated alkanes) is 1. The van der Waals surface area contributed by atoms with Gasteiger partial charge in [0.1, 0.15) is 5.75 Å². The molecule has 84 valence electrons. The van der Waals surface area contributed by atoms with Crippen molar-refractivity contribution in [1.82, 2.24) is 0 Å². The van der Waals surface area contributed by atoms with E-state index >= 15 is 0 Å². The van der Waals surface area contributed by atoms with Gasteiger partial charge >= 0.3 is 0 Å². The average Bonchev–Trinajstić information content (AvgIpc) is 2.28. The van der Waals surface area contributed by atoms with Crippen molar-refractivity contribution in [2.45, 2.75) is 19.8 Å². The standard InChI is InChI=1S/C12H19NO2/c1-2-3-10-15-12-7-5-4-6-11(12)13-8-9-14/h4-7,13-14H,2-3,8-10H2,1H3. The molecular formula is C12H19NO2. The van der Waals surface area contributed by atoms with E-state index in [1.54, 1.807) is 0 Å². The summed E-state index contributed by atoms with van der Waals surface area (Å²) in [4.78, 5) is 0. The van der Waals surface area contributed by atoms with E-state index in [0.29, 0.717) is 6.54 Å². The summed E-state index contributed by atoms with van der Waals surface area (Å²) in [6.07, 6.45) is 2.20. The highest BCUT2D eigenvalue weighted by atomic mass is 16.5. The third-order valence-corrected chi connectivity index (χ3v) is 2.07. The molecule has 2 N–H and O–H groups in total. The maximum absolute atomic E-state index is 8.73. The van der Waals surface area contributed by atoms with Crippen molar-refractivity contribution in [2.75, 3.05) is 25.1 Å². The van der Waals surface area contributed by atoms with E-state index in [2.05, 4.69) is 12.2 Å². The van der Waals surface area contributed by atoms with E-state index < -0.39 is 0 Å². The molecule has 0 aliphatic heterocycles. The first-order valence-corrected chi connectivity index (χ1v) is 5.45. The SMILES string of the molecule is CCCCOc1ccccc1NCCO. The lowest BCUT2D eigenvalue weighted by molar-refractivity contribution is 0.306. The Balaban J connectivity index is 2.52. The second-order valence-electron chi connectivity index (χ2n) is 3.35. The fourth-order valence-electron chi connectivity index (χ4n) is 1.26. The lowest BCUT2D eigenvalue weighted by Crippen LogP contribution is -2.07. The molecule has 1 aromatic rings. The van der Waals surface area contributed by atoms with Gasteiger partial charge in [0.15, 0.2) is 0 Å². The smallest absolute Gasteiger partial charge is 0.142 e. The minimum Gasteiger partial charge on any atom is -0.491 e. The maximum Gasteiger partial charge on any atom is 0.142 e. The van der Waals surface area contributed by atoms with E-state index in [0.717, 1.165) is 30.9 Å². The van der Waals surface area contributed by atoms with E-state index in [1.807, 2.05) is 24.3 Å². The number of aliphatic hydroxyl groups excluding tert-OH is 1. The van der Waals surface area contributed by atoms with Gasteiger partial charge in [0.2, 0.25) is 0 Å². The largest absolute Gasteiger partial charge is 0.491 e. The number of anilines is 1. The Bertz CT molecular complexity index is 276. The van der Waals surface area contributed by atoms with Gasteiger partial charge in [-0.2, -0.15) is 0 Å². The zero-order valence-corrected chi connectivity index (χ0v) is 9.20. The van der Waals surface area contributed by atoms with Crippen molar-refractivity contribution in [3.8, 4) is 5.75 Å². The number of hydrogen-bond acceptors (Lipinski definition) is 3. The number of hydrogen-bond donors (Lipinski definition) is 2. The van der Waals surface area contributed by atoms with Crippen LogP contribution in [0.5, 0.6) is 5.75 Å². The molecule has 3 heteroatoms. The Morgan fingerprint density at radius 2 is 2.13 bits per heavy atom. The predicted molar refractivity (Wildman–Crippen MR) is 62.4 cm³/mol. The molecule has 0 aliphatic rings. The second kappa shape index (κ2) is 7.12. The van der Waals surface area contributed by atoms with Gasteiger partial charge in [-0.15, -0.1) is 0 Å². The predicted octanol–water partition coefficient (Wildman–Crippen LogP) is 2.27. The van der Waals surface area contributed by atoms with Crippen molar-refractivity contribution >= 4 is 5.69 Å². The third-order valence-electron chi connectivity index (χ3n) is 2.07. The Morgan fingerprint density at radius 3 is 2.87 bits per heavy atom. The Hall–Kier alpha value is -1.22. The summed E-state index contributed by atoms with van der Waals surface area (Å²) < 4.78 is 5.63. The summed E-state index contributed by atoms with van der Waals surface area (Å²) in [5.41, 5.74) is 0.947. The molecule has 0 radical (unpaired) electrons. The van der Waals surface area contributed by atoms with Gasteiger partial charge in [-0.1, -0.05) is 25.5 Å². The van der Waals surface area contributed by atoms with Gasteiger partial charge in [0.25, 0.3) is 0 Å². The van der Waals surface area contributed by atoms with Crippen LogP contribution >= 0.6 is 0 Å². The van der Waals surface area contributed by atoms with Crippen molar-refractivity contribution in [2.24, 2.45) is 0 Å². The first-order valence-electron chi connectivity index (χ1n) is 5.45. The van der Waals surface area contributed by atoms with Crippen LogP contribution in [0, 0.1) is 0 Å². The molecule has 15 heavy (non-hydrogen) atoms. The summed E-state index contributed by atoms with van der Waals surface area (Å²) in [6, 6.07) is 7.80.